The van der Waals surface area contributed by atoms with Gasteiger partial charge < -0.3 is 15.6 Å². The highest BCUT2D eigenvalue weighted by Crippen LogP contribution is 2.09. The fraction of sp³-hybridized carbons (Fsp3) is 1.00. The molecule has 0 rings (SSSR count). The lowest BCUT2D eigenvalue weighted by atomic mass is 10.2. The van der Waals surface area contributed by atoms with Gasteiger partial charge in [-0.2, -0.15) is 5.01 Å². The number of ether oxygens (including phenoxy) is 1. The van der Waals surface area contributed by atoms with Crippen LogP contribution in [-0.2, 0) is 4.74 Å². The highest BCUT2D eigenvalue weighted by molar-refractivity contribution is 4.60. The molecule has 0 fully saturated rings. The molecule has 0 bridgehead atoms. The Kier molecular flexibility index (Phi) is 5.54. The number of rotatable bonds is 5. The molecule has 0 aliphatic carbocycles. The van der Waals surface area contributed by atoms with Crippen molar-refractivity contribution >= 4 is 0 Å². The molecule has 0 amide bonds. The van der Waals surface area contributed by atoms with Gasteiger partial charge in [0.2, 0.25) is 6.41 Å². The number of hydrogen-bond acceptors (Lipinski definition) is 5. The number of aliphatic hydroxyl groups excluding tert-OH is 1. The second kappa shape index (κ2) is 5.63. The average Bonchev–Trinajstić information content (AvgIpc) is 1.96. The number of nitrogens with one attached hydrogen (secondary N) is 1. The molecule has 0 radical (unpaired) electrons. The highest BCUT2D eigenvalue weighted by Gasteiger charge is 2.19. The van der Waals surface area contributed by atoms with Crippen LogP contribution in [0.15, 0.2) is 0 Å². The molecule has 0 aromatic heterocycles. The summed E-state index contributed by atoms with van der Waals surface area (Å²) in [5.74, 6) is 0. The van der Waals surface area contributed by atoms with E-state index in [0.717, 1.165) is 0 Å². The van der Waals surface area contributed by atoms with E-state index in [9.17, 15) is 5.11 Å². The Labute approximate surface area is 86.2 Å². The molecule has 1 unspecified atom stereocenters. The molecule has 0 aromatic carbocycles. The number of hydrazine groups is 1. The van der Waals surface area contributed by atoms with Crippen molar-refractivity contribution in [2.24, 2.45) is 5.73 Å². The van der Waals surface area contributed by atoms with Crippen molar-refractivity contribution in [1.82, 2.24) is 10.4 Å². The smallest absolute Gasteiger partial charge is 0.229 e. The zero-order valence-electron chi connectivity index (χ0n) is 9.74. The SMILES string of the molecule is C[C@H](N)CNN(C)C(O)OC(C)(C)C. The van der Waals surface area contributed by atoms with Gasteiger partial charge >= 0.3 is 0 Å². The third kappa shape index (κ3) is 7.23. The van der Waals surface area contributed by atoms with E-state index in [1.807, 2.05) is 27.7 Å². The van der Waals surface area contributed by atoms with E-state index in [0.29, 0.717) is 6.54 Å². The van der Waals surface area contributed by atoms with Crippen LogP contribution in [0.4, 0.5) is 0 Å². The summed E-state index contributed by atoms with van der Waals surface area (Å²) in [5, 5.41) is 11.1. The highest BCUT2D eigenvalue weighted by atomic mass is 16.6. The molecule has 86 valence electrons. The first-order chi connectivity index (χ1) is 6.22. The molecule has 4 N–H and O–H groups in total. The van der Waals surface area contributed by atoms with Crippen LogP contribution in [0.3, 0.4) is 0 Å². The summed E-state index contributed by atoms with van der Waals surface area (Å²) >= 11 is 0. The first-order valence-corrected chi connectivity index (χ1v) is 4.80. The van der Waals surface area contributed by atoms with E-state index < -0.39 is 6.41 Å². The van der Waals surface area contributed by atoms with Crippen LogP contribution in [0, 0.1) is 0 Å². The summed E-state index contributed by atoms with van der Waals surface area (Å²) < 4.78 is 5.31. The first-order valence-electron chi connectivity index (χ1n) is 4.80. The van der Waals surface area contributed by atoms with E-state index in [1.165, 1.54) is 5.01 Å². The van der Waals surface area contributed by atoms with Gasteiger partial charge in [0.15, 0.2) is 0 Å². The van der Waals surface area contributed by atoms with Crippen LogP contribution in [0.25, 0.3) is 0 Å². The maximum atomic E-state index is 9.57. The van der Waals surface area contributed by atoms with Crippen molar-refractivity contribution in [1.29, 1.82) is 0 Å². The Bertz CT molecular complexity index is 157. The van der Waals surface area contributed by atoms with Crippen LogP contribution in [0.5, 0.6) is 0 Å². The van der Waals surface area contributed by atoms with Crippen LogP contribution in [-0.4, -0.2) is 41.8 Å². The molecule has 5 nitrogen and oxygen atoms in total. The van der Waals surface area contributed by atoms with Crippen LogP contribution in [0.2, 0.25) is 0 Å². The van der Waals surface area contributed by atoms with Gasteiger partial charge in [-0.25, -0.2) is 5.43 Å². The van der Waals surface area contributed by atoms with Crippen LogP contribution in [0.1, 0.15) is 27.7 Å². The molecule has 5 heteroatoms. The van der Waals surface area contributed by atoms with Crippen LogP contribution < -0.4 is 11.2 Å². The first kappa shape index (κ1) is 13.8. The predicted octanol–water partition coefficient (Wildman–Crippen LogP) is -0.139. The van der Waals surface area contributed by atoms with Crippen molar-refractivity contribution in [2.45, 2.75) is 45.8 Å². The maximum absolute atomic E-state index is 9.57. The minimum Gasteiger partial charge on any atom is -0.355 e. The number of hydrogen-bond donors (Lipinski definition) is 3. The van der Waals surface area contributed by atoms with E-state index in [2.05, 4.69) is 5.43 Å². The standard InChI is InChI=1S/C9H23N3O2/c1-7(10)6-11-12(5)8(13)14-9(2,3)4/h7-8,11,13H,6,10H2,1-5H3/t7-,8?/m0/s1. The molecule has 0 aromatic rings. The van der Waals surface area contributed by atoms with Gasteiger partial charge in [-0.05, 0) is 27.7 Å². The minimum absolute atomic E-state index is 0.0410. The van der Waals surface area contributed by atoms with E-state index in [1.54, 1.807) is 7.05 Å². The predicted molar refractivity (Wildman–Crippen MR) is 56.3 cm³/mol. The lowest BCUT2D eigenvalue weighted by Crippen LogP contribution is -2.49. The largest absolute Gasteiger partial charge is 0.355 e. The Morgan fingerprint density at radius 1 is 1.50 bits per heavy atom. The number of aliphatic hydroxyl groups is 1. The fourth-order valence-corrected chi connectivity index (χ4v) is 0.761. The molecule has 0 aliphatic heterocycles. The van der Waals surface area contributed by atoms with Gasteiger partial charge in [0, 0.05) is 19.6 Å². The minimum atomic E-state index is -0.964. The average molecular weight is 205 g/mol. The third-order valence-corrected chi connectivity index (χ3v) is 1.45. The third-order valence-electron chi connectivity index (χ3n) is 1.45. The van der Waals surface area contributed by atoms with Gasteiger partial charge in [0.05, 0.1) is 5.60 Å². The second-order valence-electron chi connectivity index (χ2n) is 4.51. The summed E-state index contributed by atoms with van der Waals surface area (Å²) in [5.41, 5.74) is 8.12. The van der Waals surface area contributed by atoms with Gasteiger partial charge in [-0.3, -0.25) is 0 Å². The van der Waals surface area contributed by atoms with Gasteiger partial charge in [0.25, 0.3) is 0 Å². The molecule has 0 saturated heterocycles. The second-order valence-corrected chi connectivity index (χ2v) is 4.51. The van der Waals surface area contributed by atoms with Crippen molar-refractivity contribution in [3.63, 3.8) is 0 Å². The van der Waals surface area contributed by atoms with Gasteiger partial charge in [-0.15, -0.1) is 0 Å². The summed E-state index contributed by atoms with van der Waals surface area (Å²) in [4.78, 5) is 0. The molecular weight excluding hydrogens is 182 g/mol. The van der Waals surface area contributed by atoms with Gasteiger partial charge in [0.1, 0.15) is 0 Å². The van der Waals surface area contributed by atoms with Crippen molar-refractivity contribution in [2.75, 3.05) is 13.6 Å². The lowest BCUT2D eigenvalue weighted by Gasteiger charge is -2.30. The maximum Gasteiger partial charge on any atom is 0.229 e. The van der Waals surface area contributed by atoms with Crippen molar-refractivity contribution in [3.05, 3.63) is 0 Å². The van der Waals surface area contributed by atoms with Gasteiger partial charge in [-0.1, -0.05) is 0 Å². The van der Waals surface area contributed by atoms with Crippen LogP contribution >= 0.6 is 0 Å². The van der Waals surface area contributed by atoms with Crippen molar-refractivity contribution < 1.29 is 9.84 Å². The molecule has 0 aliphatic rings. The lowest BCUT2D eigenvalue weighted by molar-refractivity contribution is -0.245. The topological polar surface area (TPSA) is 70.8 Å². The number of nitrogens with zero attached hydrogens (tertiary/aromatic N) is 1. The summed E-state index contributed by atoms with van der Waals surface area (Å²) in [6.07, 6.45) is -0.964. The Hall–Kier alpha value is -0.200. The molecule has 0 spiro atoms. The van der Waals surface area contributed by atoms with Crippen molar-refractivity contribution in [3.8, 4) is 0 Å². The molecular formula is C9H23N3O2. The quantitative estimate of drug-likeness (QED) is 0.430. The number of nitrogens with two attached hydrogens (primary N) is 1. The van der Waals surface area contributed by atoms with E-state index in [-0.39, 0.29) is 11.6 Å². The summed E-state index contributed by atoms with van der Waals surface area (Å²) in [6, 6.07) is 0.0410. The molecule has 2 atom stereocenters. The molecule has 0 heterocycles. The Morgan fingerprint density at radius 3 is 2.36 bits per heavy atom. The molecule has 0 saturated carbocycles. The fourth-order valence-electron chi connectivity index (χ4n) is 0.761. The van der Waals surface area contributed by atoms with E-state index >= 15 is 0 Å². The normalized spacial score (nSPS) is 17.1. The monoisotopic (exact) mass is 205 g/mol. The Balaban J connectivity index is 3.82. The summed E-state index contributed by atoms with van der Waals surface area (Å²) in [6.45, 7) is 8.14. The zero-order chi connectivity index (χ0) is 11.4. The van der Waals surface area contributed by atoms with E-state index in [4.69, 9.17) is 10.5 Å². The summed E-state index contributed by atoms with van der Waals surface area (Å²) in [7, 11) is 1.71. The zero-order valence-corrected chi connectivity index (χ0v) is 9.74. The molecule has 14 heavy (non-hydrogen) atoms. The Morgan fingerprint density at radius 2 is 2.00 bits per heavy atom.